The van der Waals surface area contributed by atoms with Gasteiger partial charge in [-0.1, -0.05) is 110 Å². The Bertz CT molecular complexity index is 1450. The van der Waals surface area contributed by atoms with Crippen LogP contribution in [0, 0.1) is 35.5 Å². The average Bonchev–Trinajstić information content (AvgIpc) is 3.00. The van der Waals surface area contributed by atoms with E-state index in [1.807, 2.05) is 0 Å². The monoisotopic (exact) mass is 782 g/mol. The Morgan fingerprint density at radius 1 is 0.625 bits per heavy atom. The van der Waals surface area contributed by atoms with E-state index in [0.29, 0.717) is 23.7 Å². The molecule has 2 aromatic carbocycles. The molecule has 0 bridgehead atoms. The van der Waals surface area contributed by atoms with Gasteiger partial charge in [-0.2, -0.15) is 0 Å². The highest BCUT2D eigenvalue weighted by molar-refractivity contribution is 6.47. The first-order valence-corrected chi connectivity index (χ1v) is 18.1. The first-order valence-electron chi connectivity index (χ1n) is 15.8. The predicted molar refractivity (Wildman–Crippen MR) is 186 cm³/mol. The summed E-state index contributed by atoms with van der Waals surface area (Å²) in [5.41, 5.74) is -0.895. The van der Waals surface area contributed by atoms with Crippen LogP contribution in [0.25, 0.3) is 0 Å². The summed E-state index contributed by atoms with van der Waals surface area (Å²) in [4.78, 5) is 52.3. The van der Waals surface area contributed by atoms with Gasteiger partial charge in [-0.05, 0) is 73.3 Å². The molecule has 2 atom stereocenters. The molecule has 0 spiro atoms. The van der Waals surface area contributed by atoms with E-state index in [1.54, 1.807) is 0 Å². The van der Waals surface area contributed by atoms with Gasteiger partial charge in [-0.25, -0.2) is 19.2 Å². The number of esters is 4. The van der Waals surface area contributed by atoms with Gasteiger partial charge in [0.1, 0.15) is 11.1 Å². The smallest absolute Gasteiger partial charge is 0.423 e. The molecule has 0 N–H and O–H groups in total. The van der Waals surface area contributed by atoms with Crippen molar-refractivity contribution < 1.29 is 38.1 Å². The fourth-order valence-corrected chi connectivity index (χ4v) is 7.40. The number of carbonyl (C=O) groups is 4. The molecule has 2 aliphatic carbocycles. The van der Waals surface area contributed by atoms with Gasteiger partial charge in [-0.15, -0.1) is 0 Å². The molecule has 0 aliphatic heterocycles. The topological polar surface area (TPSA) is 105 Å². The molecule has 262 valence electrons. The van der Waals surface area contributed by atoms with Crippen molar-refractivity contribution in [2.45, 2.75) is 66.2 Å². The van der Waals surface area contributed by atoms with Crippen molar-refractivity contribution in [1.82, 2.24) is 0 Å². The second-order valence-electron chi connectivity index (χ2n) is 12.7. The number of rotatable bonds is 12. The first kappa shape index (κ1) is 38.9. The first-order chi connectivity index (χ1) is 22.7. The fourth-order valence-electron chi connectivity index (χ4n) is 5.96. The molecule has 8 nitrogen and oxygen atoms in total. The molecule has 2 unspecified atom stereocenters. The quantitative estimate of drug-likeness (QED) is 0.0907. The molecule has 48 heavy (non-hydrogen) atoms. The molecule has 0 saturated heterocycles. The maximum atomic E-state index is 13.2. The summed E-state index contributed by atoms with van der Waals surface area (Å²) >= 11 is 37.5. The summed E-state index contributed by atoms with van der Waals surface area (Å²) in [6.45, 7) is 8.85. The van der Waals surface area contributed by atoms with E-state index in [2.05, 4.69) is 27.7 Å². The third-order valence-electron chi connectivity index (χ3n) is 9.56. The number of hydrogen-bond acceptors (Lipinski definition) is 8. The van der Waals surface area contributed by atoms with Crippen molar-refractivity contribution in [3.05, 3.63) is 53.4 Å². The zero-order valence-corrected chi connectivity index (χ0v) is 31.3. The van der Waals surface area contributed by atoms with Crippen LogP contribution in [0.3, 0.4) is 0 Å². The Balaban J connectivity index is 1.47. The van der Waals surface area contributed by atoms with Crippen molar-refractivity contribution in [3.63, 3.8) is 0 Å². The zero-order chi connectivity index (χ0) is 35.4. The Morgan fingerprint density at radius 2 is 0.958 bits per heavy atom. The molecule has 2 aromatic rings. The Morgan fingerprint density at radius 3 is 1.27 bits per heavy atom. The fraction of sp³-hybridized carbons (Fsp3) is 0.529. The lowest BCUT2D eigenvalue weighted by Gasteiger charge is -2.38. The van der Waals surface area contributed by atoms with Gasteiger partial charge in [0, 0.05) is 0 Å². The molecule has 2 aliphatic rings. The highest BCUT2D eigenvalue weighted by atomic mass is 35.5. The number of carbonyl (C=O) groups excluding carboxylic acids is 4. The van der Waals surface area contributed by atoms with Crippen LogP contribution in [0.2, 0.25) is 30.1 Å². The molecular formula is C34H36Cl6O8. The SMILES string of the molecule is CCC(C)C1CC(COC(=O)c2c(Cl)c(Cl)cc(Cl)c2OC(=O)C(=O)Oc2c(Cl)cc(Cl)c(Cl)c2C(=O)OCC2CC(C(C)CC)C2)C1. The van der Waals surface area contributed by atoms with Crippen molar-refractivity contribution in [2.75, 3.05) is 13.2 Å². The maximum Gasteiger partial charge on any atom is 0.423 e. The third-order valence-corrected chi connectivity index (χ3v) is 11.7. The van der Waals surface area contributed by atoms with Crippen LogP contribution in [0.15, 0.2) is 12.1 Å². The average molecular weight is 785 g/mol. The van der Waals surface area contributed by atoms with Gasteiger partial charge in [0.05, 0.1) is 43.3 Å². The van der Waals surface area contributed by atoms with Crippen molar-refractivity contribution in [2.24, 2.45) is 35.5 Å². The van der Waals surface area contributed by atoms with E-state index < -0.39 is 46.5 Å². The summed E-state index contributed by atoms with van der Waals surface area (Å²) in [5.74, 6) is -3.73. The van der Waals surface area contributed by atoms with E-state index in [1.165, 1.54) is 0 Å². The predicted octanol–water partition coefficient (Wildman–Crippen LogP) is 10.6. The van der Waals surface area contributed by atoms with Crippen molar-refractivity contribution in [3.8, 4) is 11.5 Å². The summed E-state index contributed by atoms with van der Waals surface area (Å²) in [5, 5.41) is -1.43. The summed E-state index contributed by atoms with van der Waals surface area (Å²) in [6.07, 6.45) is 5.76. The van der Waals surface area contributed by atoms with Crippen LogP contribution in [-0.4, -0.2) is 37.1 Å². The summed E-state index contributed by atoms with van der Waals surface area (Å²) in [6, 6.07) is 2.27. The second kappa shape index (κ2) is 16.8. The zero-order valence-electron chi connectivity index (χ0n) is 26.8. The van der Waals surface area contributed by atoms with Crippen molar-refractivity contribution in [1.29, 1.82) is 0 Å². The second-order valence-corrected chi connectivity index (χ2v) is 15.0. The lowest BCUT2D eigenvalue weighted by atomic mass is 9.69. The number of benzene rings is 2. The minimum Gasteiger partial charge on any atom is -0.462 e. The number of halogens is 6. The molecule has 0 aromatic heterocycles. The van der Waals surface area contributed by atoms with Crippen LogP contribution in [-0.2, 0) is 19.1 Å². The van der Waals surface area contributed by atoms with E-state index in [0.717, 1.165) is 50.7 Å². The van der Waals surface area contributed by atoms with Gasteiger partial charge in [0.15, 0.2) is 11.5 Å². The molecule has 2 saturated carbocycles. The normalized spacial score (nSPS) is 21.3. The lowest BCUT2D eigenvalue weighted by molar-refractivity contribution is -0.156. The van der Waals surface area contributed by atoms with Crippen LogP contribution >= 0.6 is 69.6 Å². The largest absolute Gasteiger partial charge is 0.462 e. The van der Waals surface area contributed by atoms with Crippen LogP contribution in [0.1, 0.15) is 86.9 Å². The van der Waals surface area contributed by atoms with Crippen LogP contribution < -0.4 is 9.47 Å². The molecular weight excluding hydrogens is 749 g/mol. The Kier molecular flexibility index (Phi) is 13.6. The molecule has 2 fully saturated rings. The van der Waals surface area contributed by atoms with Crippen LogP contribution in [0.5, 0.6) is 11.5 Å². The van der Waals surface area contributed by atoms with E-state index in [4.69, 9.17) is 88.6 Å². The molecule has 14 heteroatoms. The molecule has 4 rings (SSSR count). The highest BCUT2D eigenvalue weighted by Gasteiger charge is 2.36. The van der Waals surface area contributed by atoms with Crippen LogP contribution in [0.4, 0.5) is 0 Å². The summed E-state index contributed by atoms with van der Waals surface area (Å²) < 4.78 is 21.4. The molecule has 0 amide bonds. The number of hydrogen-bond donors (Lipinski definition) is 0. The minimum atomic E-state index is -1.63. The Hall–Kier alpha value is -1.94. The lowest BCUT2D eigenvalue weighted by Crippen LogP contribution is -2.32. The molecule has 0 radical (unpaired) electrons. The number of ether oxygens (including phenoxy) is 4. The maximum absolute atomic E-state index is 13.2. The van der Waals surface area contributed by atoms with Gasteiger partial charge in [0.25, 0.3) is 0 Å². The highest BCUT2D eigenvalue weighted by Crippen LogP contribution is 2.44. The standard InChI is InChI=1S/C34H36Cl6O8/c1-5-15(3)19-7-17(8-19)13-45-31(41)25-27(39)21(35)11-23(37)29(25)47-33(43)34(44)48-30-24(38)12-22(36)28(40)26(30)32(42)46-14-18-9-20(10-18)16(4)6-2/h11-12,15-20H,5-10,13-14H2,1-4H3. The van der Waals surface area contributed by atoms with Crippen molar-refractivity contribution >= 4 is 93.5 Å². The summed E-state index contributed by atoms with van der Waals surface area (Å²) in [7, 11) is 0. The van der Waals surface area contributed by atoms with E-state index in [-0.39, 0.29) is 55.2 Å². The van der Waals surface area contributed by atoms with Gasteiger partial charge in [-0.3, -0.25) is 0 Å². The van der Waals surface area contributed by atoms with E-state index in [9.17, 15) is 19.2 Å². The Labute approximate surface area is 309 Å². The van der Waals surface area contributed by atoms with Gasteiger partial charge >= 0.3 is 23.9 Å². The molecule has 0 heterocycles. The van der Waals surface area contributed by atoms with Gasteiger partial charge in [0.2, 0.25) is 0 Å². The van der Waals surface area contributed by atoms with E-state index >= 15 is 0 Å². The minimum absolute atomic E-state index is 0.107. The van der Waals surface area contributed by atoms with Gasteiger partial charge < -0.3 is 18.9 Å². The third kappa shape index (κ3) is 8.85.